The van der Waals surface area contributed by atoms with Crippen LogP contribution in [0.5, 0.6) is 0 Å². The highest BCUT2D eigenvalue weighted by Gasteiger charge is 2.27. The van der Waals surface area contributed by atoms with Gasteiger partial charge in [-0.25, -0.2) is 4.39 Å². The molecule has 0 saturated heterocycles. The molecule has 0 saturated carbocycles. The lowest BCUT2D eigenvalue weighted by molar-refractivity contribution is -0.129. The first-order chi connectivity index (χ1) is 12.2. The fraction of sp³-hybridized carbons (Fsp3) is 0.400. The van der Waals surface area contributed by atoms with Crippen LogP contribution in [-0.2, 0) is 4.79 Å². The monoisotopic (exact) mass is 408 g/mol. The van der Waals surface area contributed by atoms with Gasteiger partial charge in [0.05, 0.1) is 11.8 Å². The van der Waals surface area contributed by atoms with Gasteiger partial charge >= 0.3 is 6.18 Å². The molecule has 1 atom stereocenters. The van der Waals surface area contributed by atoms with Crippen LogP contribution >= 0.6 is 23.1 Å². The number of hydrogen-bond donors (Lipinski definition) is 1. The van der Waals surface area contributed by atoms with Crippen LogP contribution in [0.2, 0.25) is 0 Å². The Morgan fingerprint density at radius 3 is 2.58 bits per heavy atom. The highest BCUT2D eigenvalue weighted by molar-refractivity contribution is 8.01. The van der Waals surface area contributed by atoms with E-state index in [1.54, 1.807) is 19.2 Å². The second-order valence-corrected chi connectivity index (χ2v) is 7.56. The Bertz CT molecular complexity index is 736. The van der Waals surface area contributed by atoms with E-state index >= 15 is 0 Å². The molecule has 0 spiro atoms. The lowest BCUT2D eigenvalue weighted by Crippen LogP contribution is -2.31. The molecule has 0 bridgehead atoms. The summed E-state index contributed by atoms with van der Waals surface area (Å²) in [6, 6.07) is 5.63. The number of carbonyl (C=O) groups excluding carboxylic acids is 1. The zero-order valence-corrected chi connectivity index (χ0v) is 15.5. The van der Waals surface area contributed by atoms with E-state index < -0.39 is 12.7 Å². The van der Waals surface area contributed by atoms with E-state index in [2.05, 4.69) is 15.5 Å². The molecule has 1 amide bonds. The minimum Gasteiger partial charge on any atom is -0.351 e. The van der Waals surface area contributed by atoms with E-state index in [0.29, 0.717) is 4.34 Å². The van der Waals surface area contributed by atoms with Gasteiger partial charge in [0, 0.05) is 7.05 Å². The molecule has 2 aromatic rings. The van der Waals surface area contributed by atoms with Gasteiger partial charge in [0.1, 0.15) is 12.4 Å². The van der Waals surface area contributed by atoms with Gasteiger partial charge in [-0.2, -0.15) is 13.2 Å². The molecule has 0 fully saturated rings. The van der Waals surface area contributed by atoms with Crippen LogP contribution in [-0.4, -0.2) is 46.5 Å². The Morgan fingerprint density at radius 1 is 1.31 bits per heavy atom. The molecule has 1 aromatic heterocycles. The number of hydrogen-bond acceptors (Lipinski definition) is 6. The van der Waals surface area contributed by atoms with Gasteiger partial charge in [0.2, 0.25) is 11.0 Å². The summed E-state index contributed by atoms with van der Waals surface area (Å²) >= 11 is 2.05. The topological polar surface area (TPSA) is 58.1 Å². The molecule has 1 aromatic carbocycles. The normalized spacial score (nSPS) is 12.7. The first-order valence-electron chi connectivity index (χ1n) is 7.44. The van der Waals surface area contributed by atoms with Gasteiger partial charge in [-0.05, 0) is 24.6 Å². The third kappa shape index (κ3) is 6.13. The number of anilines is 1. The van der Waals surface area contributed by atoms with Gasteiger partial charge in [0.15, 0.2) is 4.34 Å². The van der Waals surface area contributed by atoms with Crippen molar-refractivity contribution >= 4 is 34.1 Å². The minimum atomic E-state index is -4.34. The predicted molar refractivity (Wildman–Crippen MR) is 92.8 cm³/mol. The molecule has 11 heteroatoms. The lowest BCUT2D eigenvalue weighted by Gasteiger charge is -2.25. The number of alkyl halides is 3. The number of halogens is 4. The highest BCUT2D eigenvalue weighted by Crippen LogP contribution is 2.27. The predicted octanol–water partition coefficient (Wildman–Crippen LogP) is 3.96. The zero-order valence-electron chi connectivity index (χ0n) is 13.9. The largest absolute Gasteiger partial charge is 0.405 e. The Labute approximate surface area is 155 Å². The first-order valence-corrected chi connectivity index (χ1v) is 9.24. The number of nitrogens with one attached hydrogen (secondary N) is 1. The second kappa shape index (κ2) is 8.67. The summed E-state index contributed by atoms with van der Waals surface area (Å²) in [4.78, 5) is 13.8. The van der Waals surface area contributed by atoms with Gasteiger partial charge in [0.25, 0.3) is 0 Å². The van der Waals surface area contributed by atoms with Gasteiger partial charge in [-0.3, -0.25) is 4.79 Å². The van der Waals surface area contributed by atoms with Crippen molar-refractivity contribution in [3.05, 3.63) is 35.6 Å². The molecule has 0 aliphatic heterocycles. The quantitative estimate of drug-likeness (QED) is 0.555. The summed E-state index contributed by atoms with van der Waals surface area (Å²) in [5, 5.41) is 9.55. The molecule has 1 N–H and O–H groups in total. The van der Waals surface area contributed by atoms with Crippen molar-refractivity contribution in [1.82, 2.24) is 15.1 Å². The van der Waals surface area contributed by atoms with Crippen molar-refractivity contribution < 1.29 is 22.4 Å². The van der Waals surface area contributed by atoms with Crippen LogP contribution in [0.15, 0.2) is 28.6 Å². The molecule has 26 heavy (non-hydrogen) atoms. The average Bonchev–Trinajstić information content (AvgIpc) is 3.04. The maximum Gasteiger partial charge on any atom is 0.405 e. The number of nitrogens with zero attached hydrogens (tertiary/aromatic N) is 3. The molecule has 0 radical (unpaired) electrons. The lowest BCUT2D eigenvalue weighted by atomic mass is 10.1. The van der Waals surface area contributed by atoms with E-state index in [4.69, 9.17) is 0 Å². The number of amides is 1. The Balaban J connectivity index is 1.86. The Hall–Kier alpha value is -1.88. The summed E-state index contributed by atoms with van der Waals surface area (Å²) in [5.41, 5.74) is 0.793. The fourth-order valence-electron chi connectivity index (χ4n) is 1.92. The summed E-state index contributed by atoms with van der Waals surface area (Å²) in [5.74, 6) is -0.473. The third-order valence-electron chi connectivity index (χ3n) is 3.49. The van der Waals surface area contributed by atoms with E-state index in [0.717, 1.165) is 28.7 Å². The van der Waals surface area contributed by atoms with Crippen molar-refractivity contribution in [3.8, 4) is 0 Å². The van der Waals surface area contributed by atoms with E-state index in [1.807, 2.05) is 6.92 Å². The van der Waals surface area contributed by atoms with Crippen LogP contribution in [0.4, 0.5) is 22.7 Å². The Morgan fingerprint density at radius 2 is 1.96 bits per heavy atom. The summed E-state index contributed by atoms with van der Waals surface area (Å²) in [7, 11) is 1.63. The highest BCUT2D eigenvalue weighted by atomic mass is 32.2. The standard InChI is InChI=1S/C15H16F4N4OS2/c1-9(10-3-5-11(16)6-4-10)23(2)12(24)7-25-14-22-21-13(26-14)20-8-15(17,18)19/h3-6,9H,7-8H2,1-2H3,(H,20,21). The molecule has 0 aliphatic carbocycles. The summed E-state index contributed by atoms with van der Waals surface area (Å²) < 4.78 is 49.8. The molecular formula is C15H16F4N4OS2. The first kappa shape index (κ1) is 20.4. The molecule has 1 unspecified atom stereocenters. The van der Waals surface area contributed by atoms with E-state index in [-0.39, 0.29) is 28.7 Å². The van der Waals surface area contributed by atoms with Crippen LogP contribution in [0.3, 0.4) is 0 Å². The van der Waals surface area contributed by atoms with Crippen LogP contribution in [0, 0.1) is 5.82 Å². The van der Waals surface area contributed by atoms with Crippen molar-refractivity contribution in [1.29, 1.82) is 0 Å². The zero-order chi connectivity index (χ0) is 19.3. The summed E-state index contributed by atoms with van der Waals surface area (Å²) in [6.07, 6.45) is -4.34. The molecule has 0 aliphatic rings. The smallest absolute Gasteiger partial charge is 0.351 e. The third-order valence-corrected chi connectivity index (χ3v) is 5.49. The van der Waals surface area contributed by atoms with Gasteiger partial charge < -0.3 is 10.2 Å². The maximum absolute atomic E-state index is 13.0. The fourth-order valence-corrected chi connectivity index (χ4v) is 3.59. The SMILES string of the molecule is CC(c1ccc(F)cc1)N(C)C(=O)CSc1nnc(NCC(F)(F)F)s1. The molecular weight excluding hydrogens is 392 g/mol. The molecule has 1 heterocycles. The van der Waals surface area contributed by atoms with Gasteiger partial charge in [-0.1, -0.05) is 35.2 Å². The Kier molecular flexibility index (Phi) is 6.81. The van der Waals surface area contributed by atoms with E-state index in [1.165, 1.54) is 17.0 Å². The molecule has 5 nitrogen and oxygen atoms in total. The van der Waals surface area contributed by atoms with Crippen molar-refractivity contribution in [3.63, 3.8) is 0 Å². The van der Waals surface area contributed by atoms with Crippen molar-refractivity contribution in [2.24, 2.45) is 0 Å². The van der Waals surface area contributed by atoms with Crippen molar-refractivity contribution in [2.45, 2.75) is 23.5 Å². The average molecular weight is 408 g/mol. The number of carbonyl (C=O) groups is 1. The van der Waals surface area contributed by atoms with Crippen LogP contribution < -0.4 is 5.32 Å². The number of benzene rings is 1. The molecule has 2 rings (SSSR count). The van der Waals surface area contributed by atoms with Crippen LogP contribution in [0.25, 0.3) is 0 Å². The second-order valence-electron chi connectivity index (χ2n) is 5.36. The molecule has 142 valence electrons. The van der Waals surface area contributed by atoms with Gasteiger partial charge in [-0.15, -0.1) is 10.2 Å². The summed E-state index contributed by atoms with van der Waals surface area (Å²) in [6.45, 7) is 0.628. The number of thioether (sulfide) groups is 1. The van der Waals surface area contributed by atoms with Crippen molar-refractivity contribution in [2.75, 3.05) is 24.7 Å². The van der Waals surface area contributed by atoms with E-state index in [9.17, 15) is 22.4 Å². The maximum atomic E-state index is 13.0. The van der Waals surface area contributed by atoms with Crippen LogP contribution in [0.1, 0.15) is 18.5 Å². The minimum absolute atomic E-state index is 0.0466. The number of rotatable bonds is 7. The number of aromatic nitrogens is 2.